The molecule has 1 spiro atoms. The normalized spacial score (nSPS) is 32.8. The van der Waals surface area contributed by atoms with Gasteiger partial charge in [0.2, 0.25) is 10.0 Å². The molecule has 3 fully saturated rings. The van der Waals surface area contributed by atoms with Gasteiger partial charge in [-0.05, 0) is 24.5 Å². The van der Waals surface area contributed by atoms with E-state index in [2.05, 4.69) is 4.98 Å². The second-order valence-corrected chi connectivity index (χ2v) is 10.3. The van der Waals surface area contributed by atoms with E-state index in [1.807, 2.05) is 13.8 Å². The number of morpholine rings is 1. The molecular weight excluding hydrogens is 378 g/mol. The fourth-order valence-electron chi connectivity index (χ4n) is 4.36. The minimum Gasteiger partial charge on any atom is -0.365 e. The smallest absolute Gasteiger partial charge is 0.272 e. The topological polar surface area (TPSA) is 79.8 Å². The zero-order chi connectivity index (χ0) is 18.7. The Morgan fingerprint density at radius 1 is 1.42 bits per heavy atom. The van der Waals surface area contributed by atoms with E-state index >= 15 is 0 Å². The van der Waals surface area contributed by atoms with Crippen molar-refractivity contribution in [1.29, 1.82) is 0 Å². The maximum atomic E-state index is 13.0. The molecule has 4 rings (SSSR count). The molecule has 26 heavy (non-hydrogen) atoms. The maximum Gasteiger partial charge on any atom is 0.272 e. The molecule has 1 aromatic heterocycles. The number of likely N-dealkylation sites (tertiary alicyclic amines) is 1. The van der Waals surface area contributed by atoms with Crippen molar-refractivity contribution in [2.45, 2.75) is 37.2 Å². The summed E-state index contributed by atoms with van der Waals surface area (Å²) in [6.45, 7) is 5.40. The van der Waals surface area contributed by atoms with E-state index in [1.165, 1.54) is 4.31 Å². The Morgan fingerprint density at radius 2 is 2.19 bits per heavy atom. The molecule has 1 amide bonds. The molecule has 7 nitrogen and oxygen atoms in total. The van der Waals surface area contributed by atoms with Crippen molar-refractivity contribution >= 4 is 27.5 Å². The van der Waals surface area contributed by atoms with Crippen LogP contribution < -0.4 is 0 Å². The van der Waals surface area contributed by atoms with Gasteiger partial charge in [0.1, 0.15) is 21.7 Å². The highest BCUT2D eigenvalue weighted by Crippen LogP contribution is 2.46. The highest BCUT2D eigenvalue weighted by atomic mass is 35.5. The number of carbonyl (C=O) groups is 1. The number of hydrogen-bond donors (Lipinski definition) is 0. The summed E-state index contributed by atoms with van der Waals surface area (Å²) in [5.74, 6) is -0.00619. The third-order valence-electron chi connectivity index (χ3n) is 5.30. The number of sulfonamides is 1. The Morgan fingerprint density at radius 3 is 2.88 bits per heavy atom. The second-order valence-electron chi connectivity index (χ2n) is 7.79. The van der Waals surface area contributed by atoms with Gasteiger partial charge in [-0.3, -0.25) is 4.79 Å². The molecule has 3 saturated heterocycles. The second kappa shape index (κ2) is 6.15. The predicted molar refractivity (Wildman–Crippen MR) is 96.5 cm³/mol. The average molecular weight is 400 g/mol. The SMILES string of the molecule is CC(C)CN1CC23CN(C(=O)c4cccc(Cl)n4)C[C@@H](C[C@@H]2S1(=O)=O)O3. The number of carbonyl (C=O) groups excluding carboxylic acids is 1. The lowest BCUT2D eigenvalue weighted by molar-refractivity contribution is -0.0980. The van der Waals surface area contributed by atoms with Crippen molar-refractivity contribution in [3.8, 4) is 0 Å². The summed E-state index contributed by atoms with van der Waals surface area (Å²) in [6.07, 6.45) is 0.178. The molecule has 1 aromatic rings. The van der Waals surface area contributed by atoms with Crippen LogP contribution in [-0.4, -0.2) is 71.6 Å². The molecule has 142 valence electrons. The molecule has 3 atom stereocenters. The minimum atomic E-state index is -3.41. The largest absolute Gasteiger partial charge is 0.365 e. The van der Waals surface area contributed by atoms with Gasteiger partial charge >= 0.3 is 0 Å². The molecule has 1 unspecified atom stereocenters. The van der Waals surface area contributed by atoms with Gasteiger partial charge in [-0.25, -0.2) is 13.4 Å². The minimum absolute atomic E-state index is 0.229. The number of halogens is 1. The van der Waals surface area contributed by atoms with Crippen LogP contribution in [0.5, 0.6) is 0 Å². The number of amides is 1. The molecule has 4 heterocycles. The lowest BCUT2D eigenvalue weighted by atomic mass is 9.99. The first-order valence-corrected chi connectivity index (χ1v) is 10.7. The highest BCUT2D eigenvalue weighted by Gasteiger charge is 2.65. The van der Waals surface area contributed by atoms with Gasteiger partial charge in [0.05, 0.1) is 12.6 Å². The van der Waals surface area contributed by atoms with Gasteiger partial charge in [-0.2, -0.15) is 4.31 Å². The summed E-state index contributed by atoms with van der Waals surface area (Å²) in [4.78, 5) is 18.6. The number of fused-ring (bicyclic) bond motifs is 1. The Balaban J connectivity index is 1.61. The summed E-state index contributed by atoms with van der Waals surface area (Å²) in [5, 5.41) is -0.321. The number of aromatic nitrogens is 1. The van der Waals surface area contributed by atoms with Crippen molar-refractivity contribution < 1.29 is 17.9 Å². The highest BCUT2D eigenvalue weighted by molar-refractivity contribution is 7.90. The van der Waals surface area contributed by atoms with Crippen molar-refractivity contribution in [1.82, 2.24) is 14.2 Å². The van der Waals surface area contributed by atoms with E-state index in [4.69, 9.17) is 16.3 Å². The van der Waals surface area contributed by atoms with Crippen LogP contribution in [0.1, 0.15) is 30.8 Å². The summed E-state index contributed by atoms with van der Waals surface area (Å²) < 4.78 is 33.6. The Labute approximate surface area is 158 Å². The molecule has 0 aromatic carbocycles. The maximum absolute atomic E-state index is 13.0. The summed E-state index contributed by atoms with van der Waals surface area (Å²) >= 11 is 5.90. The molecular formula is C17H22ClN3O4S. The van der Waals surface area contributed by atoms with Crippen LogP contribution in [0.15, 0.2) is 18.2 Å². The molecule has 0 saturated carbocycles. The lowest BCUT2D eigenvalue weighted by Crippen LogP contribution is -2.56. The van der Waals surface area contributed by atoms with Gasteiger partial charge in [0.15, 0.2) is 0 Å². The van der Waals surface area contributed by atoms with Gasteiger partial charge < -0.3 is 9.64 Å². The van der Waals surface area contributed by atoms with Crippen molar-refractivity contribution in [3.63, 3.8) is 0 Å². The molecule has 0 radical (unpaired) electrons. The number of ether oxygens (including phenoxy) is 1. The van der Waals surface area contributed by atoms with E-state index in [-0.39, 0.29) is 35.3 Å². The van der Waals surface area contributed by atoms with E-state index in [1.54, 1.807) is 23.1 Å². The lowest BCUT2D eigenvalue weighted by Gasteiger charge is -2.39. The number of pyridine rings is 1. The Bertz CT molecular complexity index is 846. The first-order chi connectivity index (χ1) is 12.2. The van der Waals surface area contributed by atoms with Crippen molar-refractivity contribution in [3.05, 3.63) is 29.0 Å². The van der Waals surface area contributed by atoms with Crippen molar-refractivity contribution in [2.75, 3.05) is 26.2 Å². The van der Waals surface area contributed by atoms with Crippen LogP contribution in [0.2, 0.25) is 5.15 Å². The van der Waals surface area contributed by atoms with Gasteiger partial charge in [0.25, 0.3) is 5.91 Å². The van der Waals surface area contributed by atoms with Crippen LogP contribution in [0.25, 0.3) is 0 Å². The predicted octanol–water partition coefficient (Wildman–Crippen LogP) is 1.39. The number of rotatable bonds is 3. The zero-order valence-corrected chi connectivity index (χ0v) is 16.3. The molecule has 9 heteroatoms. The third-order valence-corrected chi connectivity index (χ3v) is 7.85. The fraction of sp³-hybridized carbons (Fsp3) is 0.647. The third kappa shape index (κ3) is 2.83. The van der Waals surface area contributed by atoms with Crippen molar-refractivity contribution in [2.24, 2.45) is 5.92 Å². The molecule has 0 N–H and O–H groups in total. The zero-order valence-electron chi connectivity index (χ0n) is 14.8. The van der Waals surface area contributed by atoms with E-state index in [9.17, 15) is 13.2 Å². The number of hydrogen-bond acceptors (Lipinski definition) is 5. The molecule has 0 aliphatic carbocycles. The fourth-order valence-corrected chi connectivity index (χ4v) is 7.00. The molecule has 2 bridgehead atoms. The monoisotopic (exact) mass is 399 g/mol. The first-order valence-electron chi connectivity index (χ1n) is 8.80. The quantitative estimate of drug-likeness (QED) is 0.717. The van der Waals surface area contributed by atoms with Gasteiger partial charge in [-0.15, -0.1) is 0 Å². The summed E-state index contributed by atoms with van der Waals surface area (Å²) in [6, 6.07) is 4.92. The van der Waals surface area contributed by atoms with Crippen LogP contribution in [0.3, 0.4) is 0 Å². The molecule has 3 aliphatic rings. The van der Waals surface area contributed by atoms with E-state index < -0.39 is 20.9 Å². The van der Waals surface area contributed by atoms with Crippen LogP contribution in [0.4, 0.5) is 0 Å². The van der Waals surface area contributed by atoms with Crippen LogP contribution in [-0.2, 0) is 14.8 Å². The van der Waals surface area contributed by atoms with E-state index in [0.717, 1.165) is 0 Å². The summed E-state index contributed by atoms with van der Waals surface area (Å²) in [7, 11) is -3.41. The standard InChI is InChI=1S/C17H22ClN3O4S/c1-11(2)7-21-10-17-9-20(16(22)13-4-3-5-15(18)19-13)8-12(25-17)6-14(17)26(21,23)24/h3-5,11-12,14H,6-10H2,1-2H3/t12-,14+,17?/m1/s1. The van der Waals surface area contributed by atoms with Gasteiger partial charge in [0, 0.05) is 19.6 Å². The Hall–Kier alpha value is -1.22. The molecule has 3 aliphatic heterocycles. The Kier molecular flexibility index (Phi) is 4.30. The first kappa shape index (κ1) is 18.2. The van der Waals surface area contributed by atoms with E-state index in [0.29, 0.717) is 26.1 Å². The average Bonchev–Trinajstić information content (AvgIpc) is 2.92. The van der Waals surface area contributed by atoms with Crippen LogP contribution in [0, 0.1) is 5.92 Å². The van der Waals surface area contributed by atoms with Crippen LogP contribution >= 0.6 is 11.6 Å². The summed E-state index contributed by atoms with van der Waals surface area (Å²) in [5.41, 5.74) is -0.572. The van der Waals surface area contributed by atoms with Gasteiger partial charge in [-0.1, -0.05) is 31.5 Å². The number of nitrogens with zero attached hydrogens (tertiary/aromatic N) is 3.